The van der Waals surface area contributed by atoms with Gasteiger partial charge in [-0.25, -0.2) is 0 Å². The Bertz CT molecular complexity index is 1140. The Balaban J connectivity index is 1.42. The van der Waals surface area contributed by atoms with Crippen molar-refractivity contribution < 1.29 is 0 Å². The third-order valence-corrected chi connectivity index (χ3v) is 7.65. The summed E-state index contributed by atoms with van der Waals surface area (Å²) < 4.78 is 0. The van der Waals surface area contributed by atoms with Gasteiger partial charge in [0.15, 0.2) is 0 Å². The molecule has 1 aromatic heterocycles. The van der Waals surface area contributed by atoms with E-state index in [0.717, 1.165) is 35.4 Å². The predicted molar refractivity (Wildman–Crippen MR) is 120 cm³/mol. The number of fused-ring (bicyclic) bond motifs is 1. The summed E-state index contributed by atoms with van der Waals surface area (Å²) in [4.78, 5) is 0. The molecule has 0 aliphatic heterocycles. The number of aromatic nitrogens is 4. The normalized spacial score (nSPS) is 20.8. The third kappa shape index (κ3) is 3.51. The van der Waals surface area contributed by atoms with E-state index in [4.69, 9.17) is 23.2 Å². The van der Waals surface area contributed by atoms with E-state index in [9.17, 15) is 0 Å². The summed E-state index contributed by atoms with van der Waals surface area (Å²) in [7, 11) is 0. The van der Waals surface area contributed by atoms with Gasteiger partial charge in [0.2, 0.25) is 5.82 Å². The van der Waals surface area contributed by atoms with Crippen LogP contribution in [0, 0.1) is 23.2 Å². The maximum Gasteiger partial charge on any atom is 0.204 e. The Morgan fingerprint density at radius 3 is 2.50 bits per heavy atom. The quantitative estimate of drug-likeness (QED) is 0.511. The first-order chi connectivity index (χ1) is 14.5. The Morgan fingerprint density at radius 2 is 1.80 bits per heavy atom. The number of aromatic amines is 1. The molecular formula is C24H22Cl2N4. The molecule has 1 N–H and O–H groups in total. The maximum atomic E-state index is 6.71. The van der Waals surface area contributed by atoms with E-state index in [0.29, 0.717) is 21.3 Å². The fourth-order valence-electron chi connectivity index (χ4n) is 5.10. The Labute approximate surface area is 186 Å². The van der Waals surface area contributed by atoms with Crippen LogP contribution in [0.4, 0.5) is 0 Å². The number of hydrogen-bond donors (Lipinski definition) is 1. The summed E-state index contributed by atoms with van der Waals surface area (Å²) in [6.07, 6.45) is 7.47. The van der Waals surface area contributed by atoms with Crippen LogP contribution < -0.4 is 0 Å². The summed E-state index contributed by atoms with van der Waals surface area (Å²) in [5.41, 5.74) is 5.42. The van der Waals surface area contributed by atoms with Crippen LogP contribution in [0.1, 0.15) is 54.9 Å². The number of nitrogens with zero attached hydrogens (tertiary/aromatic N) is 3. The van der Waals surface area contributed by atoms with Crippen molar-refractivity contribution >= 4 is 23.2 Å². The molecule has 5 rings (SSSR count). The van der Waals surface area contributed by atoms with Crippen molar-refractivity contribution in [3.63, 3.8) is 0 Å². The van der Waals surface area contributed by atoms with Crippen LogP contribution in [-0.4, -0.2) is 20.6 Å². The minimum Gasteiger partial charge on any atom is -0.177 e. The van der Waals surface area contributed by atoms with Crippen LogP contribution in [0.2, 0.25) is 10.0 Å². The Morgan fingerprint density at radius 1 is 1.03 bits per heavy atom. The van der Waals surface area contributed by atoms with Crippen molar-refractivity contribution in [3.8, 4) is 23.2 Å². The van der Waals surface area contributed by atoms with Crippen molar-refractivity contribution in [3.05, 3.63) is 62.6 Å². The van der Waals surface area contributed by atoms with Gasteiger partial charge >= 0.3 is 0 Å². The number of H-pyrrole nitrogens is 1. The number of tetrazole rings is 1. The average Bonchev–Trinajstić information content (AvgIpc) is 3.51. The molecule has 2 aromatic carbocycles. The lowest BCUT2D eigenvalue weighted by atomic mass is 9.74. The van der Waals surface area contributed by atoms with Crippen LogP contribution in [0.25, 0.3) is 11.4 Å². The first-order valence-corrected chi connectivity index (χ1v) is 11.1. The number of rotatable bonds is 2. The van der Waals surface area contributed by atoms with E-state index in [1.54, 1.807) is 0 Å². The van der Waals surface area contributed by atoms with Crippen LogP contribution in [0.15, 0.2) is 30.3 Å². The molecule has 0 bridgehead atoms. The smallest absolute Gasteiger partial charge is 0.177 e. The van der Waals surface area contributed by atoms with Gasteiger partial charge in [-0.1, -0.05) is 54.8 Å². The molecule has 4 nitrogen and oxygen atoms in total. The molecule has 0 saturated heterocycles. The molecule has 0 amide bonds. The molecule has 0 radical (unpaired) electrons. The molecule has 1 atom stereocenters. The van der Waals surface area contributed by atoms with Crippen LogP contribution in [-0.2, 0) is 12.8 Å². The van der Waals surface area contributed by atoms with Crippen LogP contribution in [0.3, 0.4) is 0 Å². The van der Waals surface area contributed by atoms with E-state index in [2.05, 4.69) is 45.5 Å². The highest BCUT2D eigenvalue weighted by atomic mass is 35.5. The SMILES string of the molecule is CC1(C2CCCC2)Cc2cc(C#Cc3ccc(-c4nn[nH]n4)cc3)c(Cl)c(Cl)c2C1. The van der Waals surface area contributed by atoms with Gasteiger partial charge in [-0.15, -0.1) is 10.2 Å². The third-order valence-electron chi connectivity index (χ3n) is 6.75. The molecule has 30 heavy (non-hydrogen) atoms. The molecule has 1 fully saturated rings. The minimum atomic E-state index is 0.294. The molecule has 1 saturated carbocycles. The summed E-state index contributed by atoms with van der Waals surface area (Å²) in [6, 6.07) is 9.90. The standard InChI is InChI=1S/C24H22Cl2N4/c1-24(19-4-2-3-5-19)13-18-12-17(21(25)22(26)20(18)14-24)11-8-15-6-9-16(10-7-15)23-27-29-30-28-23/h6-7,9-10,12,19H,2-5,13-14H2,1H3,(H,27,28,29,30). The zero-order valence-electron chi connectivity index (χ0n) is 16.8. The molecule has 0 spiro atoms. The monoisotopic (exact) mass is 436 g/mol. The van der Waals surface area contributed by atoms with Crippen LogP contribution in [0.5, 0.6) is 0 Å². The van der Waals surface area contributed by atoms with E-state index in [-0.39, 0.29) is 0 Å². The lowest BCUT2D eigenvalue weighted by Crippen LogP contribution is -2.26. The first-order valence-electron chi connectivity index (χ1n) is 10.4. The van der Waals surface area contributed by atoms with Gasteiger partial charge in [-0.05, 0) is 83.7 Å². The largest absolute Gasteiger partial charge is 0.204 e. The van der Waals surface area contributed by atoms with Gasteiger partial charge in [-0.2, -0.15) is 5.21 Å². The second kappa shape index (κ2) is 7.72. The molecule has 3 aromatic rings. The van der Waals surface area contributed by atoms with Gasteiger partial charge in [0.1, 0.15) is 0 Å². The summed E-state index contributed by atoms with van der Waals surface area (Å²) in [5.74, 6) is 7.79. The van der Waals surface area contributed by atoms with Gasteiger partial charge < -0.3 is 0 Å². The van der Waals surface area contributed by atoms with Gasteiger partial charge in [0.25, 0.3) is 0 Å². The molecule has 2 aliphatic rings. The maximum absolute atomic E-state index is 6.71. The van der Waals surface area contributed by atoms with Crippen molar-refractivity contribution in [2.45, 2.75) is 45.4 Å². The highest BCUT2D eigenvalue weighted by molar-refractivity contribution is 6.43. The average molecular weight is 437 g/mol. The number of hydrogen-bond acceptors (Lipinski definition) is 3. The zero-order chi connectivity index (χ0) is 20.7. The minimum absolute atomic E-state index is 0.294. The fraction of sp³-hybridized carbons (Fsp3) is 0.375. The molecule has 1 unspecified atom stereocenters. The van der Waals surface area contributed by atoms with E-state index < -0.39 is 0 Å². The van der Waals surface area contributed by atoms with Gasteiger partial charge in [0, 0.05) is 16.7 Å². The zero-order valence-corrected chi connectivity index (χ0v) is 18.3. The molecule has 1 heterocycles. The van der Waals surface area contributed by atoms with Crippen molar-refractivity contribution in [1.29, 1.82) is 0 Å². The van der Waals surface area contributed by atoms with Crippen molar-refractivity contribution in [2.75, 3.05) is 0 Å². The molecule has 152 valence electrons. The topological polar surface area (TPSA) is 54.5 Å². The second-order valence-electron chi connectivity index (χ2n) is 8.74. The Kier molecular flexibility index (Phi) is 5.05. The molecule has 6 heteroatoms. The number of halogens is 2. The van der Waals surface area contributed by atoms with Crippen molar-refractivity contribution in [2.24, 2.45) is 11.3 Å². The first kappa shape index (κ1) is 19.6. The number of benzene rings is 2. The summed E-state index contributed by atoms with van der Waals surface area (Å²) >= 11 is 13.3. The number of nitrogens with one attached hydrogen (secondary N) is 1. The highest BCUT2D eigenvalue weighted by Crippen LogP contribution is 2.51. The molecular weight excluding hydrogens is 415 g/mol. The summed E-state index contributed by atoms with van der Waals surface area (Å²) in [5, 5.41) is 15.3. The second-order valence-corrected chi connectivity index (χ2v) is 9.50. The molecule has 2 aliphatic carbocycles. The lowest BCUT2D eigenvalue weighted by molar-refractivity contribution is 0.203. The Hall–Kier alpha value is -2.35. The van der Waals surface area contributed by atoms with Gasteiger partial charge in [-0.3, -0.25) is 0 Å². The predicted octanol–water partition coefficient (Wildman–Crippen LogP) is 5.87. The van der Waals surface area contributed by atoms with Gasteiger partial charge in [0.05, 0.1) is 10.0 Å². The summed E-state index contributed by atoms with van der Waals surface area (Å²) in [6.45, 7) is 2.42. The lowest BCUT2D eigenvalue weighted by Gasteiger charge is -2.31. The van der Waals surface area contributed by atoms with E-state index in [1.165, 1.54) is 36.8 Å². The van der Waals surface area contributed by atoms with Crippen LogP contribution >= 0.6 is 23.2 Å². The van der Waals surface area contributed by atoms with E-state index >= 15 is 0 Å². The van der Waals surface area contributed by atoms with Crippen molar-refractivity contribution in [1.82, 2.24) is 20.6 Å². The van der Waals surface area contributed by atoms with E-state index in [1.807, 2.05) is 24.3 Å². The fourth-order valence-corrected chi connectivity index (χ4v) is 5.60. The highest BCUT2D eigenvalue weighted by Gasteiger charge is 2.42.